The highest BCUT2D eigenvalue weighted by atomic mass is 13.4. The summed E-state index contributed by atoms with van der Waals surface area (Å²) in [6, 6.07) is 0. The Labute approximate surface area is 512 Å². The Kier molecular flexibility index (Phi) is 38.2. The highest BCUT2D eigenvalue weighted by Gasteiger charge is 2.61. The van der Waals surface area contributed by atoms with Crippen LogP contribution in [0, 0.1) is 0 Å². The maximum Gasteiger partial charge on any atom is 0 e. The van der Waals surface area contributed by atoms with E-state index in [4.69, 9.17) is 286 Å². The molecule has 73 heteroatoms. The molecule has 0 unspecified atom stereocenters. The Morgan fingerprint density at radius 3 is 0.370 bits per heavy atom. The van der Waals surface area contributed by atoms with E-state index < -0.39 is 223 Å². The molecule has 0 saturated carbocycles. The third kappa shape index (κ3) is 21.6. The summed E-state index contributed by atoms with van der Waals surface area (Å²) in [7, 11) is 249. The molecule has 0 saturated heterocycles. The SMILES string of the molecule is [B]B([B])B([B])B(B([B])[B])B(B([B]B(B(B(B([B])[B])B([B])[B])B(B([B])[B])B([B])[B])B(B(B([B])[B])B([B])[B])B(B([B])[B])B([B])[B])B(B(B([B])[B])B([B])[B])B(B([B])[B])B([B])[B])B(B(B([B])[B])B([B])[B])B(B([B])[B])B([B])[B]. The predicted molar refractivity (Wildman–Crippen MR) is 420 cm³/mol. The van der Waals surface area contributed by atoms with E-state index in [1.807, 2.05) is 0 Å². The van der Waals surface area contributed by atoms with E-state index in [1.165, 1.54) is 0 Å². The van der Waals surface area contributed by atoms with E-state index in [2.05, 4.69) is 0 Å². The third-order valence-corrected chi connectivity index (χ3v) is 15.1. The zero-order chi connectivity index (χ0) is 57.9. The van der Waals surface area contributed by atoms with Gasteiger partial charge >= 0.3 is 0 Å². The third-order valence-electron chi connectivity index (χ3n) is 15.1. The van der Waals surface area contributed by atoms with Gasteiger partial charge in [-0.1, -0.05) is 0 Å². The van der Waals surface area contributed by atoms with Crippen LogP contribution in [0.4, 0.5) is 0 Å². The van der Waals surface area contributed by atoms with Crippen LogP contribution in [0.2, 0.25) is 0 Å². The van der Waals surface area contributed by atoms with Crippen LogP contribution in [0.3, 0.4) is 0 Å². The van der Waals surface area contributed by atoms with Crippen LogP contribution < -0.4 is 0 Å². The van der Waals surface area contributed by atoms with Gasteiger partial charge in [-0.2, -0.15) is 0 Å². The van der Waals surface area contributed by atoms with Gasteiger partial charge in [-0.15, -0.1) is 0 Å². The molecule has 0 heterocycles. The van der Waals surface area contributed by atoms with Crippen molar-refractivity contribution < 1.29 is 0 Å². The van der Waals surface area contributed by atoms with Gasteiger partial charge in [-0.25, -0.2) is 0 Å². The Balaban J connectivity index is 11.2. The molecule has 0 aromatic rings. The predicted octanol–water partition coefficient (Wildman–Crippen LogP) is -27.8. The first-order chi connectivity index (χ1) is 33.2. The molecule has 0 amide bonds. The molecule has 0 fully saturated rings. The lowest BCUT2D eigenvalue weighted by Gasteiger charge is -2.56. The molecule has 0 spiro atoms. The lowest BCUT2D eigenvalue weighted by Crippen LogP contribution is -2.94. The highest BCUT2D eigenvalue weighted by Crippen LogP contribution is 2.23. The lowest BCUT2D eigenvalue weighted by atomic mass is 8.25. The van der Waals surface area contributed by atoms with E-state index in [9.17, 15) is 0 Å². The summed E-state index contributed by atoms with van der Waals surface area (Å²) in [5, 5.41) is 0. The quantitative estimate of drug-likeness (QED) is 0.0561. The maximum absolute atomic E-state index is 7.06. The number of hydrogen-bond acceptors (Lipinski definition) is 0. The van der Waals surface area contributed by atoms with Crippen LogP contribution in [0.15, 0.2) is 0 Å². The molecule has 219 valence electrons. The van der Waals surface area contributed by atoms with Crippen LogP contribution in [0.1, 0.15) is 0 Å². The molecule has 0 aromatic carbocycles. The summed E-state index contributed by atoms with van der Waals surface area (Å²) in [5.74, 6) is 0. The van der Waals surface area contributed by atoms with Crippen molar-refractivity contribution in [3.8, 4) is 0 Å². The van der Waals surface area contributed by atoms with E-state index in [1.54, 1.807) is 7.06 Å². The van der Waals surface area contributed by atoms with Crippen LogP contribution in [-0.4, -0.2) is 517 Å². The molecule has 0 aliphatic heterocycles. The number of rotatable bonds is 35. The maximum atomic E-state index is 7.06. The Morgan fingerprint density at radius 2 is 0.247 bits per heavy atom. The minimum Gasteiger partial charge on any atom is 0 e. The first kappa shape index (κ1) is 77.7. The van der Waals surface area contributed by atoms with Gasteiger partial charge in [0.2, 0.25) is 0 Å². The molecule has 0 aliphatic carbocycles. The first-order valence-electron chi connectivity index (χ1n) is 24.0. The first-order valence-corrected chi connectivity index (χ1v) is 24.0. The van der Waals surface area contributed by atoms with E-state index in [-0.39, 0.29) is 0 Å². The monoisotopic (exact) mass is 804 g/mol. The lowest BCUT2D eigenvalue weighted by molar-refractivity contribution is 3.19. The smallest absolute Gasteiger partial charge is 0 e. The summed E-state index contributed by atoms with van der Waals surface area (Å²) in [4.78, 5) is 0. The van der Waals surface area contributed by atoms with Crippen molar-refractivity contribution in [3.63, 3.8) is 0 Å². The second-order valence-electron chi connectivity index (χ2n) is 20.4. The van der Waals surface area contributed by atoms with Gasteiger partial charge in [0.15, 0.2) is 0 Å². The van der Waals surface area contributed by atoms with Crippen molar-refractivity contribution >= 4 is 517 Å². The van der Waals surface area contributed by atoms with Crippen molar-refractivity contribution in [2.45, 2.75) is 0 Å². The van der Waals surface area contributed by atoms with E-state index in [0.717, 1.165) is 0 Å². The average molecular weight is 789 g/mol. The molecule has 0 nitrogen and oxygen atoms in total. The average Bonchev–Trinajstić information content (AvgIpc) is 3.17. The summed E-state index contributed by atoms with van der Waals surface area (Å²) in [6.07, 6.45) is -52.1. The number of hydrogen-bond donors (Lipinski definition) is 0. The van der Waals surface area contributed by atoms with Crippen LogP contribution in [0.25, 0.3) is 0 Å². The summed E-state index contributed by atoms with van der Waals surface area (Å²) in [6.45, 7) is 0. The fourth-order valence-corrected chi connectivity index (χ4v) is 12.3. The molecule has 0 rings (SSSR count). The Morgan fingerprint density at radius 1 is 0.123 bits per heavy atom. The normalized spacial score (nSPS) is 9.75. The van der Waals surface area contributed by atoms with Gasteiger partial charge < -0.3 is 0 Å². The molecule has 75 radical (unpaired) electrons. The van der Waals surface area contributed by atoms with Gasteiger partial charge in [-0.05, 0) is 0 Å². The molecule has 0 atom stereocenters. The van der Waals surface area contributed by atoms with Gasteiger partial charge in [0.25, 0.3) is 0 Å². The zero-order valence-electron chi connectivity index (χ0n) is 42.1. The highest BCUT2D eigenvalue weighted by molar-refractivity contribution is 8.36. The molecule has 0 bridgehead atoms. The molecule has 0 aromatic heterocycles. The molecule has 0 aliphatic rings. The van der Waals surface area contributed by atoms with Crippen molar-refractivity contribution in [3.05, 3.63) is 0 Å². The summed E-state index contributed by atoms with van der Waals surface area (Å²) in [5.41, 5.74) is 0. The van der Waals surface area contributed by atoms with E-state index >= 15 is 0 Å². The largest absolute Gasteiger partial charge is 0 e. The second-order valence-corrected chi connectivity index (χ2v) is 20.4. The van der Waals surface area contributed by atoms with Crippen LogP contribution in [0.5, 0.6) is 0 Å². The molecular weight excluding hydrogens is 789 g/mol. The standard InChI is InChI=1S/B73/c1-39(2)57(37)68(56(35)36)72(73(66(52(27)28)53(29)30)67(54(31)32)55(33)34)59(71(64(48(19)20)49(21)22)65(50(23)24)51(25)26)38-58(69(60(40(3)4)41(5)6)61(42(7)8)43(9)10)70(62(44(11)12)45(13)14)63(46(15)16)47(17)18. The summed E-state index contributed by atoms with van der Waals surface area (Å²) >= 11 is 0. The summed E-state index contributed by atoms with van der Waals surface area (Å²) < 4.78 is 0. The van der Waals surface area contributed by atoms with Gasteiger partial charge in [-0.3, -0.25) is 0 Å². The molecular formula is B73. The van der Waals surface area contributed by atoms with Crippen LogP contribution >= 0.6 is 0 Å². The van der Waals surface area contributed by atoms with Crippen molar-refractivity contribution in [1.29, 1.82) is 0 Å². The van der Waals surface area contributed by atoms with Crippen molar-refractivity contribution in [1.82, 2.24) is 0 Å². The van der Waals surface area contributed by atoms with Crippen molar-refractivity contribution in [2.75, 3.05) is 0 Å². The second kappa shape index (κ2) is 35.9. The fraction of sp³-hybridized carbons (Fsp3) is 0. The topological polar surface area (TPSA) is 0 Å². The zero-order valence-corrected chi connectivity index (χ0v) is 42.1. The van der Waals surface area contributed by atoms with Crippen LogP contribution in [-0.2, 0) is 0 Å². The van der Waals surface area contributed by atoms with Gasteiger partial charge in [0.05, 0.1) is 0 Å². The minimum absolute atomic E-state index is 1.38. The Hall–Kier alpha value is 4.74. The van der Waals surface area contributed by atoms with Gasteiger partial charge in [0, 0.05) is 517 Å². The molecule has 73 heavy (non-hydrogen) atoms. The Bertz CT molecular complexity index is 1200. The fourth-order valence-electron chi connectivity index (χ4n) is 12.3. The minimum atomic E-state index is -1.62. The van der Waals surface area contributed by atoms with E-state index in [0.29, 0.717) is 0 Å². The molecule has 0 N–H and O–H groups in total. The van der Waals surface area contributed by atoms with Crippen molar-refractivity contribution in [2.24, 2.45) is 0 Å². The van der Waals surface area contributed by atoms with Gasteiger partial charge in [0.1, 0.15) is 0 Å².